The van der Waals surface area contributed by atoms with Gasteiger partial charge in [0.25, 0.3) is 0 Å². The summed E-state index contributed by atoms with van der Waals surface area (Å²) in [7, 11) is -3.16. The molecule has 0 radical (unpaired) electrons. The van der Waals surface area contributed by atoms with Crippen molar-refractivity contribution in [3.05, 3.63) is 35.9 Å². The molecule has 1 aromatic rings. The number of hydrogen-bond donors (Lipinski definition) is 1. The first-order valence-electron chi connectivity index (χ1n) is 5.62. The Bertz CT molecular complexity index is 417. The molecule has 17 heavy (non-hydrogen) atoms. The van der Waals surface area contributed by atoms with Gasteiger partial charge in [0.05, 0.1) is 24.2 Å². The summed E-state index contributed by atoms with van der Waals surface area (Å²) < 4.78 is 29.1. The van der Waals surface area contributed by atoms with Crippen molar-refractivity contribution in [3.8, 4) is 0 Å². The molecule has 0 saturated heterocycles. The molecule has 5 heteroatoms. The Hall–Kier alpha value is -0.910. The smallest absolute Gasteiger partial charge is 0.159 e. The summed E-state index contributed by atoms with van der Waals surface area (Å²) in [5.74, 6) is 0.0308. The predicted octanol–water partition coefficient (Wildman–Crippen LogP) is 1.14. The lowest BCUT2D eigenvalue weighted by Gasteiger charge is -2.13. The minimum atomic E-state index is -3.16. The van der Waals surface area contributed by atoms with E-state index >= 15 is 0 Å². The highest BCUT2D eigenvalue weighted by atomic mass is 32.2. The SMILES string of the molecule is CC(c1ccccc1)S(=O)(=O)CCOCCN. The van der Waals surface area contributed by atoms with E-state index in [2.05, 4.69) is 0 Å². The van der Waals surface area contributed by atoms with Crippen molar-refractivity contribution in [1.29, 1.82) is 0 Å². The maximum absolute atomic E-state index is 12.0. The van der Waals surface area contributed by atoms with Crippen molar-refractivity contribution in [1.82, 2.24) is 0 Å². The summed E-state index contributed by atoms with van der Waals surface area (Å²) in [4.78, 5) is 0. The van der Waals surface area contributed by atoms with E-state index in [-0.39, 0.29) is 12.4 Å². The molecule has 1 atom stereocenters. The molecular weight excluding hydrogens is 238 g/mol. The van der Waals surface area contributed by atoms with Crippen LogP contribution in [-0.2, 0) is 14.6 Å². The topological polar surface area (TPSA) is 69.4 Å². The summed E-state index contributed by atoms with van der Waals surface area (Å²) in [6.07, 6.45) is 0. The summed E-state index contributed by atoms with van der Waals surface area (Å²) in [6, 6.07) is 9.19. The van der Waals surface area contributed by atoms with Crippen LogP contribution in [0.15, 0.2) is 30.3 Å². The maximum Gasteiger partial charge on any atom is 0.159 e. The Morgan fingerprint density at radius 2 is 1.88 bits per heavy atom. The van der Waals surface area contributed by atoms with Crippen molar-refractivity contribution in [2.75, 3.05) is 25.5 Å². The maximum atomic E-state index is 12.0. The number of nitrogens with two attached hydrogens (primary N) is 1. The number of benzene rings is 1. The van der Waals surface area contributed by atoms with Gasteiger partial charge in [-0.2, -0.15) is 0 Å². The molecule has 1 rings (SSSR count). The van der Waals surface area contributed by atoms with Gasteiger partial charge in [-0.3, -0.25) is 0 Å². The van der Waals surface area contributed by atoms with Gasteiger partial charge in [0.1, 0.15) is 0 Å². The highest BCUT2D eigenvalue weighted by Gasteiger charge is 2.21. The number of ether oxygens (including phenoxy) is 1. The molecule has 0 aromatic heterocycles. The minimum Gasteiger partial charge on any atom is -0.379 e. The number of hydrogen-bond acceptors (Lipinski definition) is 4. The monoisotopic (exact) mass is 257 g/mol. The molecule has 4 nitrogen and oxygen atoms in total. The Balaban J connectivity index is 2.58. The summed E-state index contributed by atoms with van der Waals surface area (Å²) in [5, 5.41) is -0.495. The average molecular weight is 257 g/mol. The first-order valence-corrected chi connectivity index (χ1v) is 7.34. The molecule has 0 fully saturated rings. The van der Waals surface area contributed by atoms with Crippen LogP contribution in [0.5, 0.6) is 0 Å². The highest BCUT2D eigenvalue weighted by molar-refractivity contribution is 7.91. The van der Waals surface area contributed by atoms with Gasteiger partial charge in [0.2, 0.25) is 0 Å². The van der Waals surface area contributed by atoms with Gasteiger partial charge in [-0.25, -0.2) is 8.42 Å². The Labute approximate surface area is 103 Å². The molecule has 0 heterocycles. The highest BCUT2D eigenvalue weighted by Crippen LogP contribution is 2.21. The molecule has 2 N–H and O–H groups in total. The van der Waals surface area contributed by atoms with Crippen LogP contribution in [0, 0.1) is 0 Å². The summed E-state index contributed by atoms with van der Waals surface area (Å²) in [6.45, 7) is 2.72. The van der Waals surface area contributed by atoms with E-state index in [0.29, 0.717) is 13.2 Å². The van der Waals surface area contributed by atoms with E-state index in [1.54, 1.807) is 6.92 Å². The second kappa shape index (κ2) is 6.74. The van der Waals surface area contributed by atoms with Gasteiger partial charge >= 0.3 is 0 Å². The second-order valence-corrected chi connectivity index (χ2v) is 6.26. The quantitative estimate of drug-likeness (QED) is 0.744. The Kier molecular flexibility index (Phi) is 5.61. The number of rotatable bonds is 7. The van der Waals surface area contributed by atoms with Crippen molar-refractivity contribution in [2.45, 2.75) is 12.2 Å². The molecule has 1 aromatic carbocycles. The lowest BCUT2D eigenvalue weighted by Crippen LogP contribution is -2.19. The van der Waals surface area contributed by atoms with Gasteiger partial charge in [-0.05, 0) is 12.5 Å². The van der Waals surface area contributed by atoms with Gasteiger partial charge in [-0.15, -0.1) is 0 Å². The molecule has 0 spiro atoms. The molecule has 1 unspecified atom stereocenters. The molecular formula is C12H19NO3S. The van der Waals surface area contributed by atoms with E-state index < -0.39 is 15.1 Å². The molecule has 96 valence electrons. The van der Waals surface area contributed by atoms with Crippen LogP contribution in [0.4, 0.5) is 0 Å². The lowest BCUT2D eigenvalue weighted by atomic mass is 10.2. The van der Waals surface area contributed by atoms with Gasteiger partial charge in [0.15, 0.2) is 9.84 Å². The third kappa shape index (κ3) is 4.46. The van der Waals surface area contributed by atoms with Crippen LogP contribution < -0.4 is 5.73 Å². The van der Waals surface area contributed by atoms with Crippen LogP contribution in [0.3, 0.4) is 0 Å². The lowest BCUT2D eigenvalue weighted by molar-refractivity contribution is 0.157. The summed E-state index contributed by atoms with van der Waals surface area (Å²) in [5.41, 5.74) is 6.07. The van der Waals surface area contributed by atoms with Crippen molar-refractivity contribution < 1.29 is 13.2 Å². The number of sulfone groups is 1. The van der Waals surface area contributed by atoms with Crippen LogP contribution in [0.2, 0.25) is 0 Å². The third-order valence-corrected chi connectivity index (χ3v) is 4.67. The largest absolute Gasteiger partial charge is 0.379 e. The van der Waals surface area contributed by atoms with E-state index in [0.717, 1.165) is 5.56 Å². The van der Waals surface area contributed by atoms with Crippen LogP contribution in [-0.4, -0.2) is 33.9 Å². The predicted molar refractivity (Wildman–Crippen MR) is 68.5 cm³/mol. The van der Waals surface area contributed by atoms with Crippen molar-refractivity contribution in [3.63, 3.8) is 0 Å². The summed E-state index contributed by atoms with van der Waals surface area (Å²) >= 11 is 0. The fourth-order valence-corrected chi connectivity index (χ4v) is 2.74. The van der Waals surface area contributed by atoms with Crippen LogP contribution in [0.25, 0.3) is 0 Å². The molecule has 0 aliphatic heterocycles. The zero-order valence-electron chi connectivity index (χ0n) is 10.0. The van der Waals surface area contributed by atoms with Crippen molar-refractivity contribution in [2.24, 2.45) is 5.73 Å². The zero-order valence-corrected chi connectivity index (χ0v) is 10.8. The van der Waals surface area contributed by atoms with E-state index in [1.165, 1.54) is 0 Å². The van der Waals surface area contributed by atoms with Gasteiger partial charge in [0, 0.05) is 6.54 Å². The fourth-order valence-electron chi connectivity index (χ4n) is 1.47. The molecule has 0 aliphatic carbocycles. The molecule has 0 saturated carbocycles. The van der Waals surface area contributed by atoms with E-state index in [9.17, 15) is 8.42 Å². The normalized spacial score (nSPS) is 13.5. The van der Waals surface area contributed by atoms with E-state index in [4.69, 9.17) is 10.5 Å². The zero-order chi connectivity index (χ0) is 12.7. The van der Waals surface area contributed by atoms with Gasteiger partial charge in [-0.1, -0.05) is 30.3 Å². The standard InChI is InChI=1S/C12H19NO3S/c1-11(12-5-3-2-4-6-12)17(14,15)10-9-16-8-7-13/h2-6,11H,7-10,13H2,1H3. The van der Waals surface area contributed by atoms with E-state index in [1.807, 2.05) is 30.3 Å². The average Bonchev–Trinajstić information content (AvgIpc) is 2.35. The van der Waals surface area contributed by atoms with Crippen LogP contribution >= 0.6 is 0 Å². The van der Waals surface area contributed by atoms with Crippen LogP contribution in [0.1, 0.15) is 17.7 Å². The second-order valence-electron chi connectivity index (χ2n) is 3.82. The Morgan fingerprint density at radius 1 is 1.24 bits per heavy atom. The molecule has 0 bridgehead atoms. The first kappa shape index (κ1) is 14.2. The van der Waals surface area contributed by atoms with Crippen molar-refractivity contribution >= 4 is 9.84 Å². The third-order valence-electron chi connectivity index (χ3n) is 2.58. The molecule has 0 amide bonds. The molecule has 0 aliphatic rings. The first-order chi connectivity index (χ1) is 8.08. The minimum absolute atomic E-state index is 0.0308. The Morgan fingerprint density at radius 3 is 2.47 bits per heavy atom. The van der Waals surface area contributed by atoms with Gasteiger partial charge < -0.3 is 10.5 Å². The fraction of sp³-hybridized carbons (Fsp3) is 0.500.